The Balaban J connectivity index is 1.74. The highest BCUT2D eigenvalue weighted by Gasteiger charge is 2.21. The average molecular weight is 252 g/mol. The van der Waals surface area contributed by atoms with Gasteiger partial charge in [0, 0.05) is 31.9 Å². The number of hydrogen-bond acceptors (Lipinski definition) is 4. The average Bonchev–Trinajstić information content (AvgIpc) is 2.99. The molecule has 18 heavy (non-hydrogen) atoms. The number of aryl methyl sites for hydroxylation is 1. The number of nitrogens with two attached hydrogens (primary N) is 1. The molecule has 1 aromatic rings. The Morgan fingerprint density at radius 1 is 1.39 bits per heavy atom. The molecule has 2 rings (SSSR count). The topological polar surface area (TPSA) is 67.3 Å². The number of nitrogen functional groups attached to an aromatic ring is 1. The van der Waals surface area contributed by atoms with E-state index in [0.717, 1.165) is 26.1 Å². The summed E-state index contributed by atoms with van der Waals surface area (Å²) in [6, 6.07) is 2.50. The Morgan fingerprint density at radius 3 is 2.78 bits per heavy atom. The lowest BCUT2D eigenvalue weighted by Gasteiger charge is -2.27. The largest absolute Gasteiger partial charge is 0.395 e. The summed E-state index contributed by atoms with van der Waals surface area (Å²) in [5, 5.41) is 13.3. The van der Waals surface area contributed by atoms with Gasteiger partial charge in [-0.05, 0) is 25.3 Å². The summed E-state index contributed by atoms with van der Waals surface area (Å²) in [6.07, 6.45) is 8.22. The molecule has 1 heterocycles. The fraction of sp³-hybridized carbons (Fsp3) is 0.769. The van der Waals surface area contributed by atoms with Gasteiger partial charge in [-0.25, -0.2) is 0 Å². The molecule has 0 spiro atoms. The highest BCUT2D eigenvalue weighted by Crippen LogP contribution is 2.23. The first-order chi connectivity index (χ1) is 8.79. The van der Waals surface area contributed by atoms with Crippen LogP contribution in [-0.4, -0.2) is 45.5 Å². The van der Waals surface area contributed by atoms with Gasteiger partial charge in [-0.15, -0.1) is 0 Å². The molecule has 1 saturated carbocycles. The first-order valence-corrected chi connectivity index (χ1v) is 6.93. The zero-order valence-corrected chi connectivity index (χ0v) is 11.0. The van der Waals surface area contributed by atoms with Gasteiger partial charge >= 0.3 is 0 Å². The molecule has 0 radical (unpaired) electrons. The molecule has 1 aliphatic carbocycles. The Hall–Kier alpha value is -1.07. The van der Waals surface area contributed by atoms with Gasteiger partial charge < -0.3 is 10.8 Å². The molecule has 1 fully saturated rings. The number of nitrogens with zero attached hydrogens (tertiary/aromatic N) is 3. The smallest absolute Gasteiger partial charge is 0.145 e. The lowest BCUT2D eigenvalue weighted by atomic mass is 10.2. The van der Waals surface area contributed by atoms with Crippen LogP contribution in [-0.2, 0) is 6.54 Å². The van der Waals surface area contributed by atoms with Crippen molar-refractivity contribution in [2.24, 2.45) is 0 Å². The van der Waals surface area contributed by atoms with E-state index in [4.69, 9.17) is 10.8 Å². The standard InChI is InChI=1S/C13H24N4O/c14-13-6-9-17(15-13)8-3-7-16(10-11-18)12-4-1-2-5-12/h6,9,12,18H,1-5,7-8,10-11H2,(H2,14,15). The van der Waals surface area contributed by atoms with Gasteiger partial charge in [0.2, 0.25) is 0 Å². The molecule has 0 aromatic carbocycles. The molecule has 3 N–H and O–H groups in total. The highest BCUT2D eigenvalue weighted by molar-refractivity contribution is 5.23. The maximum absolute atomic E-state index is 9.14. The summed E-state index contributed by atoms with van der Waals surface area (Å²) in [5.41, 5.74) is 5.58. The van der Waals surface area contributed by atoms with Crippen LogP contribution in [0.15, 0.2) is 12.3 Å². The quantitative estimate of drug-likeness (QED) is 0.762. The summed E-state index contributed by atoms with van der Waals surface area (Å²) in [7, 11) is 0. The van der Waals surface area contributed by atoms with Crippen LogP contribution in [0.4, 0.5) is 5.82 Å². The van der Waals surface area contributed by atoms with Crippen molar-refractivity contribution in [1.82, 2.24) is 14.7 Å². The third-order valence-electron chi connectivity index (χ3n) is 3.72. The first-order valence-electron chi connectivity index (χ1n) is 6.93. The van der Waals surface area contributed by atoms with Crippen molar-refractivity contribution in [3.05, 3.63) is 12.3 Å². The summed E-state index contributed by atoms with van der Waals surface area (Å²) in [5.74, 6) is 0.581. The van der Waals surface area contributed by atoms with Gasteiger partial charge in [-0.3, -0.25) is 9.58 Å². The van der Waals surface area contributed by atoms with Crippen molar-refractivity contribution in [2.75, 3.05) is 25.4 Å². The zero-order valence-electron chi connectivity index (χ0n) is 11.0. The van der Waals surface area contributed by atoms with E-state index in [2.05, 4.69) is 10.00 Å². The third kappa shape index (κ3) is 3.71. The van der Waals surface area contributed by atoms with Crippen LogP contribution in [0.2, 0.25) is 0 Å². The van der Waals surface area contributed by atoms with Crippen LogP contribution in [0, 0.1) is 0 Å². The van der Waals surface area contributed by atoms with Crippen molar-refractivity contribution < 1.29 is 5.11 Å². The fourth-order valence-electron chi connectivity index (χ4n) is 2.81. The van der Waals surface area contributed by atoms with E-state index in [1.807, 2.05) is 16.9 Å². The molecule has 1 aliphatic rings. The molecule has 1 aromatic heterocycles. The van der Waals surface area contributed by atoms with Gasteiger partial charge in [-0.2, -0.15) is 5.10 Å². The Morgan fingerprint density at radius 2 is 2.17 bits per heavy atom. The molecule has 0 aliphatic heterocycles. The molecule has 5 nitrogen and oxygen atoms in total. The normalized spacial score (nSPS) is 16.8. The molecule has 0 bridgehead atoms. The molecule has 102 valence electrons. The van der Waals surface area contributed by atoms with Crippen LogP contribution < -0.4 is 5.73 Å². The minimum atomic E-state index is 0.255. The number of anilines is 1. The fourth-order valence-corrected chi connectivity index (χ4v) is 2.81. The van der Waals surface area contributed by atoms with Crippen molar-refractivity contribution in [3.8, 4) is 0 Å². The second kappa shape index (κ2) is 6.75. The van der Waals surface area contributed by atoms with E-state index in [1.54, 1.807) is 0 Å². The highest BCUT2D eigenvalue weighted by atomic mass is 16.3. The van der Waals surface area contributed by atoms with Gasteiger partial charge in [-0.1, -0.05) is 12.8 Å². The molecule has 0 unspecified atom stereocenters. The van der Waals surface area contributed by atoms with Crippen LogP contribution in [0.3, 0.4) is 0 Å². The van der Waals surface area contributed by atoms with Gasteiger partial charge in [0.05, 0.1) is 6.61 Å². The van der Waals surface area contributed by atoms with Crippen molar-refractivity contribution >= 4 is 5.82 Å². The van der Waals surface area contributed by atoms with Gasteiger partial charge in [0.1, 0.15) is 5.82 Å². The van der Waals surface area contributed by atoms with E-state index in [0.29, 0.717) is 11.9 Å². The maximum atomic E-state index is 9.14. The SMILES string of the molecule is Nc1ccn(CCCN(CCO)C2CCCC2)n1. The molecule has 0 atom stereocenters. The number of aliphatic hydroxyl groups excluding tert-OH is 1. The number of hydrogen-bond donors (Lipinski definition) is 2. The molecular formula is C13H24N4O. The summed E-state index contributed by atoms with van der Waals surface area (Å²) < 4.78 is 1.89. The number of aromatic nitrogens is 2. The van der Waals surface area contributed by atoms with E-state index in [1.165, 1.54) is 25.7 Å². The zero-order chi connectivity index (χ0) is 12.8. The minimum absolute atomic E-state index is 0.255. The number of aliphatic hydroxyl groups is 1. The third-order valence-corrected chi connectivity index (χ3v) is 3.72. The summed E-state index contributed by atoms with van der Waals surface area (Å²) in [4.78, 5) is 2.43. The molecular weight excluding hydrogens is 228 g/mol. The minimum Gasteiger partial charge on any atom is -0.395 e. The lowest BCUT2D eigenvalue weighted by molar-refractivity contribution is 0.148. The molecule has 0 saturated heterocycles. The Kier molecular flexibility index (Phi) is 5.01. The molecule has 0 amide bonds. The van der Waals surface area contributed by atoms with E-state index < -0.39 is 0 Å². The van der Waals surface area contributed by atoms with E-state index in [9.17, 15) is 0 Å². The second-order valence-electron chi connectivity index (χ2n) is 5.06. The van der Waals surface area contributed by atoms with Crippen molar-refractivity contribution in [2.45, 2.75) is 44.7 Å². The summed E-state index contributed by atoms with van der Waals surface area (Å²) >= 11 is 0. The van der Waals surface area contributed by atoms with Crippen LogP contribution in [0.5, 0.6) is 0 Å². The van der Waals surface area contributed by atoms with Gasteiger partial charge in [0.25, 0.3) is 0 Å². The van der Waals surface area contributed by atoms with Gasteiger partial charge in [0.15, 0.2) is 0 Å². The maximum Gasteiger partial charge on any atom is 0.145 e. The van der Waals surface area contributed by atoms with Crippen LogP contribution in [0.25, 0.3) is 0 Å². The van der Waals surface area contributed by atoms with Crippen LogP contribution >= 0.6 is 0 Å². The number of rotatable bonds is 7. The van der Waals surface area contributed by atoms with Crippen molar-refractivity contribution in [1.29, 1.82) is 0 Å². The lowest BCUT2D eigenvalue weighted by Crippen LogP contribution is -2.36. The van der Waals surface area contributed by atoms with E-state index >= 15 is 0 Å². The Bertz CT molecular complexity index is 347. The summed E-state index contributed by atoms with van der Waals surface area (Å²) in [6.45, 7) is 2.98. The molecule has 5 heteroatoms. The monoisotopic (exact) mass is 252 g/mol. The predicted octanol–water partition coefficient (Wildman–Crippen LogP) is 1.09. The van der Waals surface area contributed by atoms with Crippen molar-refractivity contribution in [3.63, 3.8) is 0 Å². The van der Waals surface area contributed by atoms with Crippen LogP contribution in [0.1, 0.15) is 32.1 Å². The van der Waals surface area contributed by atoms with E-state index in [-0.39, 0.29) is 6.61 Å². The second-order valence-corrected chi connectivity index (χ2v) is 5.06. The first kappa shape index (κ1) is 13.4. The Labute approximate surface area is 109 Å². The predicted molar refractivity (Wildman–Crippen MR) is 72.2 cm³/mol.